The zero-order valence-corrected chi connectivity index (χ0v) is 14.4. The Labute approximate surface area is 135 Å². The van der Waals surface area contributed by atoms with Crippen LogP contribution in [0.2, 0.25) is 0 Å². The number of hydrogen-bond acceptors (Lipinski definition) is 3. The van der Waals surface area contributed by atoms with Crippen molar-refractivity contribution in [1.29, 1.82) is 0 Å². The number of amides is 1. The first-order valence-electron chi connectivity index (χ1n) is 6.44. The summed E-state index contributed by atoms with van der Waals surface area (Å²) in [5.41, 5.74) is -0.0684. The van der Waals surface area contributed by atoms with Crippen LogP contribution in [0, 0.1) is 11.7 Å². The molecule has 0 saturated heterocycles. The van der Waals surface area contributed by atoms with E-state index in [1.165, 1.54) is 0 Å². The fourth-order valence-corrected chi connectivity index (χ4v) is 4.31. The van der Waals surface area contributed by atoms with Crippen molar-refractivity contribution in [1.82, 2.24) is 5.32 Å². The Kier molecular flexibility index (Phi) is 4.95. The number of carbonyl (C=O) groups is 1. The summed E-state index contributed by atoms with van der Waals surface area (Å²) in [4.78, 5) is 11.7. The number of nitrogens with one attached hydrogen (secondary N) is 1. The van der Waals surface area contributed by atoms with Gasteiger partial charge in [0.2, 0.25) is 0 Å². The quantitative estimate of drug-likeness (QED) is 0.790. The van der Waals surface area contributed by atoms with Crippen LogP contribution < -0.4 is 5.32 Å². The second-order valence-electron chi connectivity index (χ2n) is 5.16. The van der Waals surface area contributed by atoms with Crippen LogP contribution in [0.5, 0.6) is 0 Å². The van der Waals surface area contributed by atoms with Gasteiger partial charge in [0.15, 0.2) is 0 Å². The van der Waals surface area contributed by atoms with E-state index in [0.29, 0.717) is 5.92 Å². The lowest BCUT2D eigenvalue weighted by Crippen LogP contribution is -2.40. The molecular weight excluding hydrogens is 385 g/mol. The largest absolute Gasteiger partial charge is 0.349 e. The van der Waals surface area contributed by atoms with Gasteiger partial charge in [-0.1, -0.05) is 6.42 Å². The SMILES string of the molecule is CC(NC(=O)c1cc(F)c(Br)c(S(=O)(=O)Cl)c1)C1CCC1. The second kappa shape index (κ2) is 6.22. The summed E-state index contributed by atoms with van der Waals surface area (Å²) in [6.45, 7) is 1.89. The van der Waals surface area contributed by atoms with Crippen molar-refractivity contribution < 1.29 is 17.6 Å². The van der Waals surface area contributed by atoms with Crippen LogP contribution in [0.1, 0.15) is 36.5 Å². The van der Waals surface area contributed by atoms with Crippen molar-refractivity contribution in [3.05, 3.63) is 28.0 Å². The van der Waals surface area contributed by atoms with Gasteiger partial charge in [0, 0.05) is 22.3 Å². The van der Waals surface area contributed by atoms with E-state index in [2.05, 4.69) is 21.2 Å². The molecule has 0 aliphatic heterocycles. The van der Waals surface area contributed by atoms with Crippen molar-refractivity contribution in [2.75, 3.05) is 0 Å². The molecule has 4 nitrogen and oxygen atoms in total. The molecule has 1 aliphatic carbocycles. The number of rotatable bonds is 4. The summed E-state index contributed by atoms with van der Waals surface area (Å²) in [6, 6.07) is 2.02. The van der Waals surface area contributed by atoms with Crippen molar-refractivity contribution >= 4 is 41.6 Å². The Balaban J connectivity index is 2.27. The minimum absolute atomic E-state index is 0.0333. The summed E-state index contributed by atoms with van der Waals surface area (Å²) in [6.07, 6.45) is 3.25. The molecule has 1 aliphatic rings. The number of benzene rings is 1. The molecule has 1 aromatic carbocycles. The lowest BCUT2D eigenvalue weighted by molar-refractivity contribution is 0.0908. The fourth-order valence-electron chi connectivity index (χ4n) is 2.22. The molecule has 0 aromatic heterocycles. The summed E-state index contributed by atoms with van der Waals surface area (Å²) in [5, 5.41) is 2.76. The zero-order valence-electron chi connectivity index (χ0n) is 11.2. The Hall–Kier alpha value is -0.660. The van der Waals surface area contributed by atoms with Gasteiger partial charge < -0.3 is 5.32 Å². The molecule has 1 N–H and O–H groups in total. The number of halogens is 3. The summed E-state index contributed by atoms with van der Waals surface area (Å²) < 4.78 is 36.3. The highest BCUT2D eigenvalue weighted by molar-refractivity contribution is 9.10. The highest BCUT2D eigenvalue weighted by Gasteiger charge is 2.26. The third-order valence-electron chi connectivity index (χ3n) is 3.74. The van der Waals surface area contributed by atoms with Crippen LogP contribution in [0.25, 0.3) is 0 Å². The van der Waals surface area contributed by atoms with Crippen molar-refractivity contribution in [2.24, 2.45) is 5.92 Å². The molecule has 1 amide bonds. The van der Waals surface area contributed by atoms with Gasteiger partial charge >= 0.3 is 0 Å². The van der Waals surface area contributed by atoms with E-state index < -0.39 is 25.7 Å². The first kappa shape index (κ1) is 16.7. The standard InChI is InChI=1S/C13H14BrClFNO3S/c1-7(8-3-2-4-8)17-13(18)9-5-10(16)12(14)11(6-9)21(15,19)20/h5-8H,2-4H2,1H3,(H,17,18). The maximum absolute atomic E-state index is 13.8. The Morgan fingerprint density at radius 1 is 1.48 bits per heavy atom. The fraction of sp³-hybridized carbons (Fsp3) is 0.462. The van der Waals surface area contributed by atoms with Gasteiger partial charge in [-0.05, 0) is 53.7 Å². The average Bonchev–Trinajstić information content (AvgIpc) is 2.28. The van der Waals surface area contributed by atoms with Crippen LogP contribution in [-0.4, -0.2) is 20.4 Å². The number of hydrogen-bond donors (Lipinski definition) is 1. The molecule has 116 valence electrons. The zero-order chi connectivity index (χ0) is 15.8. The third kappa shape index (κ3) is 3.76. The van der Waals surface area contributed by atoms with Crippen molar-refractivity contribution in [3.8, 4) is 0 Å². The van der Waals surface area contributed by atoms with Crippen LogP contribution in [0.15, 0.2) is 21.5 Å². The van der Waals surface area contributed by atoms with E-state index in [9.17, 15) is 17.6 Å². The summed E-state index contributed by atoms with van der Waals surface area (Å²) in [5.74, 6) is -0.939. The molecule has 0 radical (unpaired) electrons. The highest BCUT2D eigenvalue weighted by Crippen LogP contribution is 2.31. The smallest absolute Gasteiger partial charge is 0.262 e. The minimum Gasteiger partial charge on any atom is -0.349 e. The van der Waals surface area contributed by atoms with Crippen LogP contribution in [0.3, 0.4) is 0 Å². The van der Waals surface area contributed by atoms with E-state index >= 15 is 0 Å². The maximum Gasteiger partial charge on any atom is 0.262 e. The van der Waals surface area contributed by atoms with E-state index in [1.54, 1.807) is 0 Å². The molecule has 8 heteroatoms. The van der Waals surface area contributed by atoms with Crippen molar-refractivity contribution in [2.45, 2.75) is 37.1 Å². The van der Waals surface area contributed by atoms with E-state index in [-0.39, 0.29) is 16.1 Å². The van der Waals surface area contributed by atoms with E-state index in [0.717, 1.165) is 31.4 Å². The van der Waals surface area contributed by atoms with Gasteiger partial charge in [-0.15, -0.1) is 0 Å². The third-order valence-corrected chi connectivity index (χ3v) is 6.15. The lowest BCUT2D eigenvalue weighted by Gasteiger charge is -2.31. The molecule has 1 fully saturated rings. The van der Waals surface area contributed by atoms with E-state index in [1.807, 2.05) is 6.92 Å². The van der Waals surface area contributed by atoms with Gasteiger partial charge in [0.25, 0.3) is 15.0 Å². The maximum atomic E-state index is 13.8. The monoisotopic (exact) mass is 397 g/mol. The van der Waals surface area contributed by atoms with Gasteiger partial charge in [-0.25, -0.2) is 12.8 Å². The van der Waals surface area contributed by atoms with Crippen LogP contribution in [0.4, 0.5) is 4.39 Å². The predicted molar refractivity (Wildman–Crippen MR) is 81.4 cm³/mol. The average molecular weight is 399 g/mol. The molecule has 21 heavy (non-hydrogen) atoms. The first-order chi connectivity index (χ1) is 9.70. The molecule has 1 aromatic rings. The van der Waals surface area contributed by atoms with Crippen LogP contribution >= 0.6 is 26.6 Å². The minimum atomic E-state index is -4.14. The molecule has 2 rings (SSSR count). The highest BCUT2D eigenvalue weighted by atomic mass is 79.9. The molecular formula is C13H14BrClFNO3S. The molecule has 0 heterocycles. The van der Waals surface area contributed by atoms with Gasteiger partial charge in [-0.3, -0.25) is 4.79 Å². The van der Waals surface area contributed by atoms with Crippen LogP contribution in [-0.2, 0) is 9.05 Å². The van der Waals surface area contributed by atoms with Gasteiger partial charge in [0.1, 0.15) is 10.7 Å². The number of carbonyl (C=O) groups excluding carboxylic acids is 1. The normalized spacial score (nSPS) is 17.1. The molecule has 0 spiro atoms. The molecule has 0 bridgehead atoms. The van der Waals surface area contributed by atoms with Crippen molar-refractivity contribution in [3.63, 3.8) is 0 Å². The Morgan fingerprint density at radius 3 is 2.57 bits per heavy atom. The molecule has 1 unspecified atom stereocenters. The predicted octanol–water partition coefficient (Wildman–Crippen LogP) is 3.43. The first-order valence-corrected chi connectivity index (χ1v) is 9.55. The summed E-state index contributed by atoms with van der Waals surface area (Å²) in [7, 11) is 1.10. The molecule has 1 atom stereocenters. The van der Waals surface area contributed by atoms with E-state index in [4.69, 9.17) is 10.7 Å². The lowest BCUT2D eigenvalue weighted by atomic mass is 9.80. The molecule has 1 saturated carbocycles. The Bertz CT molecular complexity index is 676. The van der Waals surface area contributed by atoms with Gasteiger partial charge in [0.05, 0.1) is 4.47 Å². The van der Waals surface area contributed by atoms with Gasteiger partial charge in [-0.2, -0.15) is 0 Å². The second-order valence-corrected chi connectivity index (χ2v) is 8.49. The topological polar surface area (TPSA) is 63.2 Å². The Morgan fingerprint density at radius 2 is 2.10 bits per heavy atom. The summed E-state index contributed by atoms with van der Waals surface area (Å²) >= 11 is 2.82.